The summed E-state index contributed by atoms with van der Waals surface area (Å²) < 4.78 is 21.9. The molecule has 0 aliphatic heterocycles. The van der Waals surface area contributed by atoms with Crippen molar-refractivity contribution >= 4 is 22.9 Å². The zero-order chi connectivity index (χ0) is 27.2. The third kappa shape index (κ3) is 9.05. The molecule has 1 heterocycles. The number of esters is 2. The van der Waals surface area contributed by atoms with Crippen molar-refractivity contribution in [3.8, 4) is 17.2 Å². The number of fused-ring (bicyclic) bond motifs is 1. The molecule has 2 aromatic carbocycles. The Morgan fingerprint density at radius 1 is 0.737 bits per heavy atom. The monoisotopic (exact) mass is 522 g/mol. The fourth-order valence-corrected chi connectivity index (χ4v) is 4.03. The van der Waals surface area contributed by atoms with E-state index in [0.717, 1.165) is 44.8 Å². The maximum atomic E-state index is 12.9. The predicted molar refractivity (Wildman–Crippen MR) is 147 cm³/mol. The number of rotatable bonds is 16. The molecule has 0 aliphatic carbocycles. The lowest BCUT2D eigenvalue weighted by Crippen LogP contribution is -2.19. The van der Waals surface area contributed by atoms with E-state index in [2.05, 4.69) is 13.8 Å². The zero-order valence-corrected chi connectivity index (χ0v) is 22.5. The van der Waals surface area contributed by atoms with Gasteiger partial charge in [0.1, 0.15) is 34.7 Å². The van der Waals surface area contributed by atoms with Gasteiger partial charge in [-0.05, 0) is 49.2 Å². The van der Waals surface area contributed by atoms with Crippen molar-refractivity contribution in [2.24, 2.45) is 0 Å². The number of benzene rings is 2. The van der Waals surface area contributed by atoms with E-state index >= 15 is 0 Å². The van der Waals surface area contributed by atoms with Crippen LogP contribution in [0.4, 0.5) is 0 Å². The van der Waals surface area contributed by atoms with Gasteiger partial charge in [-0.25, -0.2) is 4.79 Å². The van der Waals surface area contributed by atoms with Crippen molar-refractivity contribution in [1.82, 2.24) is 0 Å². The Labute approximate surface area is 224 Å². The summed E-state index contributed by atoms with van der Waals surface area (Å²) in [5.41, 5.74) is -0.522. The van der Waals surface area contributed by atoms with E-state index in [1.165, 1.54) is 43.9 Å². The van der Waals surface area contributed by atoms with Crippen LogP contribution in [0.1, 0.15) is 94.8 Å². The Balaban J connectivity index is 1.54. The van der Waals surface area contributed by atoms with E-state index in [0.29, 0.717) is 30.3 Å². The Bertz CT molecular complexity index is 1230. The molecular weight excluding hydrogens is 484 g/mol. The van der Waals surface area contributed by atoms with Crippen molar-refractivity contribution in [1.29, 1.82) is 0 Å². The number of carbonyl (C=O) groups is 2. The second kappa shape index (κ2) is 15.6. The molecule has 204 valence electrons. The van der Waals surface area contributed by atoms with Crippen molar-refractivity contribution in [3.63, 3.8) is 0 Å². The minimum atomic E-state index is -0.817. The molecule has 0 N–H and O–H groups in total. The third-order valence-electron chi connectivity index (χ3n) is 6.23. The zero-order valence-electron chi connectivity index (χ0n) is 22.5. The first-order chi connectivity index (χ1) is 18.5. The van der Waals surface area contributed by atoms with E-state index in [-0.39, 0.29) is 22.5 Å². The molecule has 0 bridgehead atoms. The van der Waals surface area contributed by atoms with Gasteiger partial charge in [0.25, 0.3) is 0 Å². The molecule has 7 nitrogen and oxygen atoms in total. The predicted octanol–water partition coefficient (Wildman–Crippen LogP) is 7.63. The molecular formula is C31H38O7. The molecule has 0 spiro atoms. The fourth-order valence-electron chi connectivity index (χ4n) is 4.03. The van der Waals surface area contributed by atoms with Gasteiger partial charge in [0, 0.05) is 12.5 Å². The van der Waals surface area contributed by atoms with Crippen LogP contribution in [-0.4, -0.2) is 18.5 Å². The van der Waals surface area contributed by atoms with Crippen LogP contribution in [0.5, 0.6) is 17.2 Å². The van der Waals surface area contributed by atoms with Gasteiger partial charge in [0.15, 0.2) is 0 Å². The van der Waals surface area contributed by atoms with Gasteiger partial charge in [0.05, 0.1) is 12.0 Å². The minimum absolute atomic E-state index is 0.196. The number of unbranched alkanes of at least 4 members (excludes halogenated alkanes) is 8. The average Bonchev–Trinajstić information content (AvgIpc) is 2.91. The maximum absolute atomic E-state index is 12.9. The van der Waals surface area contributed by atoms with E-state index in [1.807, 2.05) is 0 Å². The normalized spacial score (nSPS) is 10.9. The highest BCUT2D eigenvalue weighted by molar-refractivity contribution is 5.94. The summed E-state index contributed by atoms with van der Waals surface area (Å²) >= 11 is 0. The summed E-state index contributed by atoms with van der Waals surface area (Å²) in [6.45, 7) is 4.95. The average molecular weight is 523 g/mol. The smallest absolute Gasteiger partial charge is 0.350 e. The van der Waals surface area contributed by atoms with Crippen LogP contribution < -0.4 is 19.6 Å². The Morgan fingerprint density at radius 3 is 2.11 bits per heavy atom. The van der Waals surface area contributed by atoms with Gasteiger partial charge in [-0.15, -0.1) is 0 Å². The van der Waals surface area contributed by atoms with Gasteiger partial charge < -0.3 is 18.6 Å². The standard InChI is InChI=1S/C31H38O7/c1-3-5-7-8-9-10-11-13-29(32)37-25-18-19-26-28(21-25)36-22-27(30(26)33)31(34)38-24-16-14-23(15-17-24)35-20-12-6-4-2/h14-19,21-22H,3-13,20H2,1-2H3. The minimum Gasteiger partial charge on any atom is -0.494 e. The van der Waals surface area contributed by atoms with Gasteiger partial charge in [-0.2, -0.15) is 0 Å². The summed E-state index contributed by atoms with van der Waals surface area (Å²) in [6.07, 6.45) is 12.4. The molecule has 3 aromatic rings. The van der Waals surface area contributed by atoms with Gasteiger partial charge in [-0.1, -0.05) is 65.2 Å². The maximum Gasteiger partial charge on any atom is 0.350 e. The lowest BCUT2D eigenvalue weighted by atomic mass is 10.1. The summed E-state index contributed by atoms with van der Waals surface area (Å²) in [5.74, 6) is 0.130. The Kier molecular flexibility index (Phi) is 11.9. The second-order valence-corrected chi connectivity index (χ2v) is 9.40. The van der Waals surface area contributed by atoms with E-state index in [4.69, 9.17) is 18.6 Å². The van der Waals surface area contributed by atoms with Crippen molar-refractivity contribution < 1.29 is 28.2 Å². The fraction of sp³-hybridized carbons (Fsp3) is 0.452. The molecule has 0 atom stereocenters. The summed E-state index contributed by atoms with van der Waals surface area (Å²) in [6, 6.07) is 11.1. The van der Waals surface area contributed by atoms with Gasteiger partial charge >= 0.3 is 11.9 Å². The van der Waals surface area contributed by atoms with Crippen LogP contribution in [0, 0.1) is 0 Å². The molecule has 1 aromatic heterocycles. The number of ether oxygens (including phenoxy) is 3. The first kappa shape index (κ1) is 29.0. The third-order valence-corrected chi connectivity index (χ3v) is 6.23. The molecule has 38 heavy (non-hydrogen) atoms. The summed E-state index contributed by atoms with van der Waals surface area (Å²) in [7, 11) is 0. The SMILES string of the molecule is CCCCCCCCCC(=O)Oc1ccc2c(=O)c(C(=O)Oc3ccc(OCCCCC)cc3)coc2c1. The Hall–Kier alpha value is -3.61. The van der Waals surface area contributed by atoms with Crippen molar-refractivity contribution in [3.05, 3.63) is 64.5 Å². The molecule has 0 saturated carbocycles. The van der Waals surface area contributed by atoms with Gasteiger partial charge in [-0.3, -0.25) is 9.59 Å². The van der Waals surface area contributed by atoms with Crippen LogP contribution in [-0.2, 0) is 4.79 Å². The van der Waals surface area contributed by atoms with Gasteiger partial charge in [0.2, 0.25) is 5.43 Å². The molecule has 7 heteroatoms. The molecule has 3 rings (SSSR count). The van der Waals surface area contributed by atoms with Crippen molar-refractivity contribution in [2.45, 2.75) is 84.5 Å². The topological polar surface area (TPSA) is 92.0 Å². The van der Waals surface area contributed by atoms with Crippen LogP contribution in [0.2, 0.25) is 0 Å². The molecule has 0 amide bonds. The first-order valence-corrected chi connectivity index (χ1v) is 13.7. The highest BCUT2D eigenvalue weighted by atomic mass is 16.5. The van der Waals surface area contributed by atoms with Crippen LogP contribution in [0.15, 0.2) is 57.9 Å². The van der Waals surface area contributed by atoms with E-state index in [1.54, 1.807) is 24.3 Å². The largest absolute Gasteiger partial charge is 0.494 e. The summed E-state index contributed by atoms with van der Waals surface area (Å²) in [4.78, 5) is 37.7. The number of carbonyl (C=O) groups excluding carboxylic acids is 2. The molecule has 0 aliphatic rings. The van der Waals surface area contributed by atoms with E-state index < -0.39 is 11.4 Å². The molecule has 0 unspecified atom stereocenters. The Morgan fingerprint density at radius 2 is 1.37 bits per heavy atom. The molecule has 0 radical (unpaired) electrons. The highest BCUT2D eigenvalue weighted by Gasteiger charge is 2.18. The van der Waals surface area contributed by atoms with E-state index in [9.17, 15) is 14.4 Å². The number of hydrogen-bond acceptors (Lipinski definition) is 7. The highest BCUT2D eigenvalue weighted by Crippen LogP contribution is 2.22. The quantitative estimate of drug-likeness (QED) is 0.108. The lowest BCUT2D eigenvalue weighted by molar-refractivity contribution is -0.134. The summed E-state index contributed by atoms with van der Waals surface area (Å²) in [5, 5.41) is 0.196. The van der Waals surface area contributed by atoms with Crippen LogP contribution in [0.25, 0.3) is 11.0 Å². The molecule has 0 fully saturated rings. The van der Waals surface area contributed by atoms with Crippen LogP contribution in [0.3, 0.4) is 0 Å². The second-order valence-electron chi connectivity index (χ2n) is 9.40. The van der Waals surface area contributed by atoms with Crippen LogP contribution >= 0.6 is 0 Å². The number of hydrogen-bond donors (Lipinski definition) is 0. The lowest BCUT2D eigenvalue weighted by Gasteiger charge is -2.08. The molecule has 0 saturated heterocycles. The first-order valence-electron chi connectivity index (χ1n) is 13.7. The van der Waals surface area contributed by atoms with Crippen molar-refractivity contribution in [2.75, 3.05) is 6.61 Å².